The summed E-state index contributed by atoms with van der Waals surface area (Å²) in [6.07, 6.45) is 0. The highest BCUT2D eigenvalue weighted by molar-refractivity contribution is 5.83. The Balaban J connectivity index is 2.53. The van der Waals surface area contributed by atoms with Crippen LogP contribution in [0.3, 0.4) is 0 Å². The summed E-state index contributed by atoms with van der Waals surface area (Å²) >= 11 is 0. The molecule has 2 aromatic carbocycles. The maximum Gasteiger partial charge on any atom is 0.345 e. The predicted octanol–water partition coefficient (Wildman–Crippen LogP) is 2.48. The fraction of sp³-hybridized carbons (Fsp3) is 0.133. The molecule has 0 aromatic heterocycles. The number of hydrogen-bond acceptors (Lipinski definition) is 2. The lowest BCUT2D eigenvalue weighted by molar-refractivity contribution is -0.155. The van der Waals surface area contributed by atoms with Gasteiger partial charge in [0.25, 0.3) is 0 Å². The fourth-order valence-electron chi connectivity index (χ4n) is 1.93. The van der Waals surface area contributed by atoms with Crippen LogP contribution >= 0.6 is 0 Å². The Kier molecular flexibility index (Phi) is 3.62. The van der Waals surface area contributed by atoms with Crippen LogP contribution in [0, 0.1) is 0 Å². The van der Waals surface area contributed by atoms with Gasteiger partial charge in [-0.25, -0.2) is 9.18 Å². The number of halogens is 1. The number of rotatable bonds is 4. The van der Waals surface area contributed by atoms with E-state index < -0.39 is 18.2 Å². The lowest BCUT2D eigenvalue weighted by Crippen LogP contribution is -2.36. The molecule has 0 aliphatic carbocycles. The van der Waals surface area contributed by atoms with E-state index in [2.05, 4.69) is 0 Å². The SMILES string of the molecule is O=C(O)[C@](O)(c1ccccc1)c1ccc(CF)cc1. The maximum atomic E-state index is 12.5. The standard InChI is InChI=1S/C15H13FO3/c16-10-11-6-8-13(9-7-11)15(19,14(17)18)12-4-2-1-3-5-12/h1-9,19H,10H2,(H,17,18)/t15-/m0/s1. The van der Waals surface area contributed by atoms with E-state index >= 15 is 0 Å². The summed E-state index contributed by atoms with van der Waals surface area (Å²) in [5.74, 6) is -1.37. The number of carboxylic acids is 1. The molecule has 0 aliphatic heterocycles. The second kappa shape index (κ2) is 5.20. The first-order chi connectivity index (χ1) is 9.09. The van der Waals surface area contributed by atoms with Gasteiger partial charge >= 0.3 is 5.97 Å². The van der Waals surface area contributed by atoms with Gasteiger partial charge in [-0.05, 0) is 16.7 Å². The number of carbonyl (C=O) groups is 1. The average Bonchev–Trinajstić information content (AvgIpc) is 2.47. The van der Waals surface area contributed by atoms with Crippen molar-refractivity contribution in [3.8, 4) is 0 Å². The zero-order valence-corrected chi connectivity index (χ0v) is 10.1. The minimum absolute atomic E-state index is 0.198. The van der Waals surface area contributed by atoms with Crippen LogP contribution in [0.1, 0.15) is 16.7 Å². The first-order valence-corrected chi connectivity index (χ1v) is 5.75. The van der Waals surface area contributed by atoms with Crippen LogP contribution in [0.5, 0.6) is 0 Å². The maximum absolute atomic E-state index is 12.5. The molecule has 0 aliphatic rings. The van der Waals surface area contributed by atoms with Gasteiger partial charge in [-0.1, -0.05) is 54.6 Å². The monoisotopic (exact) mass is 260 g/mol. The largest absolute Gasteiger partial charge is 0.479 e. The third-order valence-electron chi connectivity index (χ3n) is 3.03. The van der Waals surface area contributed by atoms with Crippen LogP contribution in [-0.4, -0.2) is 16.2 Å². The van der Waals surface area contributed by atoms with Gasteiger partial charge in [-0.15, -0.1) is 0 Å². The fourth-order valence-corrected chi connectivity index (χ4v) is 1.93. The molecule has 0 amide bonds. The summed E-state index contributed by atoms with van der Waals surface area (Å²) in [5.41, 5.74) is -1.24. The molecular formula is C15H13FO3. The van der Waals surface area contributed by atoms with Crippen molar-refractivity contribution >= 4 is 5.97 Å². The van der Waals surface area contributed by atoms with Crippen LogP contribution < -0.4 is 0 Å². The molecular weight excluding hydrogens is 247 g/mol. The molecule has 0 saturated carbocycles. The van der Waals surface area contributed by atoms with E-state index in [1.165, 1.54) is 36.4 Å². The zero-order chi connectivity index (χ0) is 13.9. The lowest BCUT2D eigenvalue weighted by atomic mass is 9.86. The molecule has 4 heteroatoms. The normalized spacial score (nSPS) is 13.8. The molecule has 0 saturated heterocycles. The number of alkyl halides is 1. The summed E-state index contributed by atoms with van der Waals surface area (Å²) in [7, 11) is 0. The van der Waals surface area contributed by atoms with Crippen molar-refractivity contribution in [2.75, 3.05) is 0 Å². The van der Waals surface area contributed by atoms with E-state index in [9.17, 15) is 19.4 Å². The number of benzene rings is 2. The molecule has 19 heavy (non-hydrogen) atoms. The summed E-state index contributed by atoms with van der Waals surface area (Å²) < 4.78 is 12.5. The Bertz CT molecular complexity index is 566. The summed E-state index contributed by atoms with van der Waals surface area (Å²) in [4.78, 5) is 11.5. The van der Waals surface area contributed by atoms with Crippen molar-refractivity contribution < 1.29 is 19.4 Å². The van der Waals surface area contributed by atoms with Crippen molar-refractivity contribution in [1.82, 2.24) is 0 Å². The van der Waals surface area contributed by atoms with Gasteiger partial charge in [-0.3, -0.25) is 0 Å². The Hall–Kier alpha value is -2.20. The van der Waals surface area contributed by atoms with Crippen LogP contribution in [0.15, 0.2) is 54.6 Å². The van der Waals surface area contributed by atoms with Crippen molar-refractivity contribution in [2.24, 2.45) is 0 Å². The van der Waals surface area contributed by atoms with E-state index in [1.807, 2.05) is 0 Å². The van der Waals surface area contributed by atoms with E-state index in [0.29, 0.717) is 5.56 Å². The minimum Gasteiger partial charge on any atom is -0.479 e. The predicted molar refractivity (Wildman–Crippen MR) is 68.3 cm³/mol. The Morgan fingerprint density at radius 3 is 2.00 bits per heavy atom. The second-order valence-electron chi connectivity index (χ2n) is 4.21. The molecule has 2 rings (SSSR count). The topological polar surface area (TPSA) is 57.5 Å². The molecule has 2 N–H and O–H groups in total. The first kappa shape index (κ1) is 13.2. The quantitative estimate of drug-likeness (QED) is 0.887. The zero-order valence-electron chi connectivity index (χ0n) is 10.1. The van der Waals surface area contributed by atoms with E-state index in [1.54, 1.807) is 18.2 Å². The lowest BCUT2D eigenvalue weighted by Gasteiger charge is -2.24. The van der Waals surface area contributed by atoms with Gasteiger partial charge in [0.05, 0.1) is 0 Å². The van der Waals surface area contributed by atoms with Crippen LogP contribution in [-0.2, 0) is 17.1 Å². The molecule has 98 valence electrons. The highest BCUT2D eigenvalue weighted by atomic mass is 19.1. The molecule has 0 heterocycles. The van der Waals surface area contributed by atoms with Crippen molar-refractivity contribution in [2.45, 2.75) is 12.3 Å². The van der Waals surface area contributed by atoms with Gasteiger partial charge in [0.1, 0.15) is 6.67 Å². The van der Waals surface area contributed by atoms with E-state index in [-0.39, 0.29) is 11.1 Å². The molecule has 0 bridgehead atoms. The smallest absolute Gasteiger partial charge is 0.345 e. The third kappa shape index (κ3) is 2.35. The molecule has 2 aromatic rings. The summed E-state index contributed by atoms with van der Waals surface area (Å²) in [6, 6.07) is 13.9. The first-order valence-electron chi connectivity index (χ1n) is 5.75. The Morgan fingerprint density at radius 2 is 1.53 bits per heavy atom. The van der Waals surface area contributed by atoms with Crippen LogP contribution in [0.25, 0.3) is 0 Å². The van der Waals surface area contributed by atoms with Gasteiger partial charge in [0, 0.05) is 0 Å². The highest BCUT2D eigenvalue weighted by Gasteiger charge is 2.39. The van der Waals surface area contributed by atoms with Crippen molar-refractivity contribution in [3.05, 3.63) is 71.3 Å². The number of aliphatic hydroxyl groups is 1. The third-order valence-corrected chi connectivity index (χ3v) is 3.03. The second-order valence-corrected chi connectivity index (χ2v) is 4.21. The Morgan fingerprint density at radius 1 is 1.00 bits per heavy atom. The highest BCUT2D eigenvalue weighted by Crippen LogP contribution is 2.30. The van der Waals surface area contributed by atoms with E-state index in [0.717, 1.165) is 0 Å². The molecule has 0 fully saturated rings. The Labute approximate surface area is 109 Å². The van der Waals surface area contributed by atoms with Gasteiger partial charge in [-0.2, -0.15) is 0 Å². The van der Waals surface area contributed by atoms with Crippen molar-refractivity contribution in [3.63, 3.8) is 0 Å². The minimum atomic E-state index is -2.13. The van der Waals surface area contributed by atoms with Crippen LogP contribution in [0.4, 0.5) is 4.39 Å². The van der Waals surface area contributed by atoms with Gasteiger partial charge < -0.3 is 10.2 Å². The van der Waals surface area contributed by atoms with Gasteiger partial charge in [0.15, 0.2) is 0 Å². The molecule has 0 spiro atoms. The molecule has 1 atom stereocenters. The number of carboxylic acid groups (broad SMARTS) is 1. The van der Waals surface area contributed by atoms with Gasteiger partial charge in [0.2, 0.25) is 5.60 Å². The van der Waals surface area contributed by atoms with E-state index in [4.69, 9.17) is 0 Å². The summed E-state index contributed by atoms with van der Waals surface area (Å²) in [6.45, 7) is -0.628. The van der Waals surface area contributed by atoms with Crippen LogP contribution in [0.2, 0.25) is 0 Å². The number of hydrogen-bond donors (Lipinski definition) is 2. The molecule has 0 radical (unpaired) electrons. The summed E-state index contributed by atoms with van der Waals surface area (Å²) in [5, 5.41) is 19.8. The number of aliphatic carboxylic acids is 1. The van der Waals surface area contributed by atoms with Crippen molar-refractivity contribution in [1.29, 1.82) is 0 Å². The molecule has 0 unspecified atom stereocenters. The molecule has 3 nitrogen and oxygen atoms in total. The average molecular weight is 260 g/mol.